The molecule has 1 aromatic rings. The number of amidine groups is 1. The molecule has 0 saturated carbocycles. The normalized spacial score (nSPS) is 18.6. The van der Waals surface area contributed by atoms with E-state index in [1.165, 1.54) is 0 Å². The summed E-state index contributed by atoms with van der Waals surface area (Å²) >= 11 is 0. The predicted octanol–water partition coefficient (Wildman–Crippen LogP) is -2.63. The van der Waals surface area contributed by atoms with Crippen molar-refractivity contribution in [3.8, 4) is 0 Å². The zero-order chi connectivity index (χ0) is 9.64. The smallest absolute Gasteiger partial charge is 0.345 e. The van der Waals surface area contributed by atoms with E-state index in [0.29, 0.717) is 0 Å². The summed E-state index contributed by atoms with van der Waals surface area (Å²) in [5, 5.41) is 6.81. The maximum Gasteiger partial charge on any atom is 0.345 e. The van der Waals surface area contributed by atoms with Crippen LogP contribution in [-0.2, 0) is 10.2 Å². The summed E-state index contributed by atoms with van der Waals surface area (Å²) in [5.41, 5.74) is 5.47. The predicted molar refractivity (Wildman–Crippen MR) is 43.4 cm³/mol. The van der Waals surface area contributed by atoms with Crippen molar-refractivity contribution < 1.29 is 8.42 Å². The lowest BCUT2D eigenvalue weighted by molar-refractivity contribution is 0.602. The molecule has 5 N–H and O–H groups in total. The van der Waals surface area contributed by atoms with Gasteiger partial charge in [0.05, 0.1) is 0 Å². The number of nitrogens with one attached hydrogen (secondary N) is 1. The summed E-state index contributed by atoms with van der Waals surface area (Å²) in [5.74, 6) is 5.03. The van der Waals surface area contributed by atoms with Crippen LogP contribution in [-0.4, -0.2) is 29.4 Å². The molecule has 0 radical (unpaired) electrons. The Labute approximate surface area is 72.6 Å². The Morgan fingerprint density at radius 1 is 1.46 bits per heavy atom. The number of hydrogen-bond donors (Lipinski definition) is 3. The lowest BCUT2D eigenvalue weighted by Crippen LogP contribution is -2.30. The van der Waals surface area contributed by atoms with Gasteiger partial charge in [-0.15, -0.1) is 9.50 Å². The van der Waals surface area contributed by atoms with E-state index in [1.54, 1.807) is 0 Å². The summed E-state index contributed by atoms with van der Waals surface area (Å²) in [4.78, 5) is 0.843. The fourth-order valence-corrected chi connectivity index (χ4v) is 1.69. The molecule has 13 heavy (non-hydrogen) atoms. The number of rotatable bonds is 0. The minimum Gasteiger partial charge on any atom is -0.381 e. The van der Waals surface area contributed by atoms with Crippen molar-refractivity contribution >= 4 is 21.9 Å². The average molecular weight is 203 g/mol. The molecular formula is C3H5N7O2S. The summed E-state index contributed by atoms with van der Waals surface area (Å²) in [6, 6.07) is 0. The number of aromatic nitrogens is 3. The van der Waals surface area contributed by atoms with Crippen molar-refractivity contribution in [3.63, 3.8) is 0 Å². The van der Waals surface area contributed by atoms with E-state index in [2.05, 4.69) is 14.7 Å². The van der Waals surface area contributed by atoms with Gasteiger partial charge >= 0.3 is 10.2 Å². The highest BCUT2D eigenvalue weighted by atomic mass is 32.2. The largest absolute Gasteiger partial charge is 0.381 e. The Hall–Kier alpha value is -1.84. The Morgan fingerprint density at radius 2 is 2.15 bits per heavy atom. The van der Waals surface area contributed by atoms with E-state index in [9.17, 15) is 8.42 Å². The molecule has 1 aliphatic heterocycles. The first-order valence-electron chi connectivity index (χ1n) is 3.09. The van der Waals surface area contributed by atoms with Gasteiger partial charge < -0.3 is 11.6 Å². The third kappa shape index (κ3) is 1.07. The third-order valence-corrected chi connectivity index (χ3v) is 2.27. The number of anilines is 1. The summed E-state index contributed by atoms with van der Waals surface area (Å²) in [7, 11) is -3.79. The van der Waals surface area contributed by atoms with Crippen molar-refractivity contribution in [2.24, 2.45) is 10.1 Å². The molecule has 2 rings (SSSR count). The van der Waals surface area contributed by atoms with Crippen LogP contribution >= 0.6 is 0 Å². The highest BCUT2D eigenvalue weighted by Crippen LogP contribution is 2.16. The quantitative estimate of drug-likeness (QED) is 0.394. The maximum absolute atomic E-state index is 10.9. The van der Waals surface area contributed by atoms with Gasteiger partial charge in [-0.05, 0) is 5.21 Å². The van der Waals surface area contributed by atoms with Gasteiger partial charge in [0.15, 0.2) is 17.3 Å². The van der Waals surface area contributed by atoms with E-state index >= 15 is 0 Å². The zero-order valence-electron chi connectivity index (χ0n) is 6.17. The van der Waals surface area contributed by atoms with Gasteiger partial charge in [0.25, 0.3) is 0 Å². The first kappa shape index (κ1) is 7.79. The SMILES string of the molecule is NC1=NS(=O)(=O)Nc2nnn(N)c21. The molecule has 10 heteroatoms. The van der Waals surface area contributed by atoms with E-state index in [1.807, 2.05) is 4.72 Å². The van der Waals surface area contributed by atoms with Gasteiger partial charge in [0.2, 0.25) is 0 Å². The number of nitrogen functional groups attached to an aromatic ring is 1. The lowest BCUT2D eigenvalue weighted by Gasteiger charge is -2.09. The van der Waals surface area contributed by atoms with Crippen LogP contribution < -0.4 is 16.3 Å². The topological polar surface area (TPSA) is 141 Å². The summed E-state index contributed by atoms with van der Waals surface area (Å²) in [6.07, 6.45) is 0. The van der Waals surface area contributed by atoms with E-state index in [-0.39, 0.29) is 17.3 Å². The van der Waals surface area contributed by atoms with Crippen molar-refractivity contribution in [2.75, 3.05) is 10.6 Å². The van der Waals surface area contributed by atoms with Gasteiger partial charge in [-0.1, -0.05) is 0 Å². The zero-order valence-corrected chi connectivity index (χ0v) is 6.98. The summed E-state index contributed by atoms with van der Waals surface area (Å²) in [6.45, 7) is 0. The molecule has 9 nitrogen and oxygen atoms in total. The van der Waals surface area contributed by atoms with Crippen LogP contribution in [0.15, 0.2) is 4.40 Å². The van der Waals surface area contributed by atoms with Crippen molar-refractivity contribution in [1.82, 2.24) is 15.1 Å². The highest BCUT2D eigenvalue weighted by Gasteiger charge is 2.26. The molecule has 0 bridgehead atoms. The first-order chi connectivity index (χ1) is 5.99. The monoisotopic (exact) mass is 203 g/mol. The standard InChI is InChI=1S/C3H5N7O2S/c4-2-1-3(6-9-10(1)5)8-13(11,12)7-2/h8H,5H2,(H2,4,7). The molecule has 1 aromatic heterocycles. The molecule has 0 atom stereocenters. The van der Waals surface area contributed by atoms with Crippen molar-refractivity contribution in [2.45, 2.75) is 0 Å². The number of fused-ring (bicyclic) bond motifs is 1. The van der Waals surface area contributed by atoms with Gasteiger partial charge in [-0.3, -0.25) is 0 Å². The fraction of sp³-hybridized carbons (Fsp3) is 0. The third-order valence-electron chi connectivity index (χ3n) is 1.38. The molecule has 1 aliphatic rings. The van der Waals surface area contributed by atoms with E-state index in [4.69, 9.17) is 11.6 Å². The van der Waals surface area contributed by atoms with Gasteiger partial charge in [0, 0.05) is 0 Å². The van der Waals surface area contributed by atoms with E-state index < -0.39 is 10.2 Å². The lowest BCUT2D eigenvalue weighted by atomic mass is 10.4. The molecule has 0 aromatic carbocycles. The van der Waals surface area contributed by atoms with Gasteiger partial charge in [0.1, 0.15) is 0 Å². The Morgan fingerprint density at radius 3 is 2.85 bits per heavy atom. The molecule has 2 heterocycles. The van der Waals surface area contributed by atoms with Gasteiger partial charge in [-0.2, -0.15) is 13.2 Å². The van der Waals surface area contributed by atoms with Crippen LogP contribution in [0.3, 0.4) is 0 Å². The van der Waals surface area contributed by atoms with Crippen LogP contribution in [0.25, 0.3) is 0 Å². The van der Waals surface area contributed by atoms with Crippen LogP contribution in [0.4, 0.5) is 5.82 Å². The molecule has 0 spiro atoms. The Bertz CT molecular complexity index is 484. The second-order valence-electron chi connectivity index (χ2n) is 2.28. The average Bonchev–Trinajstić information content (AvgIpc) is 2.28. The molecule has 0 saturated heterocycles. The number of hydrogen-bond acceptors (Lipinski definition) is 6. The Kier molecular flexibility index (Phi) is 1.26. The van der Waals surface area contributed by atoms with Crippen molar-refractivity contribution in [1.29, 1.82) is 0 Å². The molecule has 0 unspecified atom stereocenters. The van der Waals surface area contributed by atoms with Gasteiger partial charge in [-0.25, -0.2) is 4.72 Å². The molecular weight excluding hydrogens is 198 g/mol. The van der Waals surface area contributed by atoms with Crippen LogP contribution in [0.5, 0.6) is 0 Å². The summed E-state index contributed by atoms with van der Waals surface area (Å²) < 4.78 is 27.1. The van der Waals surface area contributed by atoms with Crippen LogP contribution in [0.1, 0.15) is 5.69 Å². The van der Waals surface area contributed by atoms with Crippen molar-refractivity contribution in [3.05, 3.63) is 5.69 Å². The second kappa shape index (κ2) is 2.10. The highest BCUT2D eigenvalue weighted by molar-refractivity contribution is 7.91. The van der Waals surface area contributed by atoms with Crippen LogP contribution in [0.2, 0.25) is 0 Å². The molecule has 70 valence electrons. The fourth-order valence-electron chi connectivity index (χ4n) is 0.919. The Balaban J connectivity index is 2.71. The molecule has 0 amide bonds. The van der Waals surface area contributed by atoms with Crippen LogP contribution in [0, 0.1) is 0 Å². The minimum atomic E-state index is -3.79. The molecule has 0 fully saturated rings. The van der Waals surface area contributed by atoms with E-state index in [0.717, 1.165) is 4.79 Å². The number of nitrogens with zero attached hydrogens (tertiary/aromatic N) is 4. The first-order valence-corrected chi connectivity index (χ1v) is 4.53. The minimum absolute atomic E-state index is 0.0185. The second-order valence-corrected chi connectivity index (χ2v) is 3.62. The number of nitrogens with two attached hydrogens (primary N) is 2. The molecule has 0 aliphatic carbocycles. The maximum atomic E-state index is 10.9.